The van der Waals surface area contributed by atoms with Gasteiger partial charge in [-0.15, -0.1) is 0 Å². The van der Waals surface area contributed by atoms with Crippen LogP contribution < -0.4 is 0 Å². The lowest BCUT2D eigenvalue weighted by atomic mass is 9.68. The molecule has 0 unspecified atom stereocenters. The fourth-order valence-corrected chi connectivity index (χ4v) is 3.22. The van der Waals surface area contributed by atoms with E-state index in [1.807, 2.05) is 6.20 Å². The SMILES string of the molecule is CN1CCC(c2ccnc(C3(CO)CCC3)n2)CC1. The van der Waals surface area contributed by atoms with E-state index in [2.05, 4.69) is 23.0 Å². The van der Waals surface area contributed by atoms with Crippen LogP contribution in [0.1, 0.15) is 49.5 Å². The van der Waals surface area contributed by atoms with Crippen LogP contribution in [0.3, 0.4) is 0 Å². The Morgan fingerprint density at radius 2 is 2.11 bits per heavy atom. The van der Waals surface area contributed by atoms with Crippen molar-refractivity contribution in [1.29, 1.82) is 0 Å². The van der Waals surface area contributed by atoms with Gasteiger partial charge in [0.1, 0.15) is 5.82 Å². The van der Waals surface area contributed by atoms with E-state index in [1.165, 1.54) is 25.0 Å². The van der Waals surface area contributed by atoms with Gasteiger partial charge >= 0.3 is 0 Å². The molecule has 1 N–H and O–H groups in total. The van der Waals surface area contributed by atoms with Crippen molar-refractivity contribution < 1.29 is 5.11 Å². The van der Waals surface area contributed by atoms with Crippen LogP contribution in [0.4, 0.5) is 0 Å². The van der Waals surface area contributed by atoms with Gasteiger partial charge in [-0.1, -0.05) is 6.42 Å². The van der Waals surface area contributed by atoms with Gasteiger partial charge in [-0.25, -0.2) is 9.97 Å². The minimum atomic E-state index is -0.137. The summed E-state index contributed by atoms with van der Waals surface area (Å²) in [6.45, 7) is 2.48. The highest BCUT2D eigenvalue weighted by Crippen LogP contribution is 2.42. The number of aliphatic hydroxyl groups excluding tert-OH is 1. The van der Waals surface area contributed by atoms with Crippen LogP contribution in [-0.4, -0.2) is 46.7 Å². The van der Waals surface area contributed by atoms with Crippen LogP contribution in [0.5, 0.6) is 0 Å². The number of rotatable bonds is 3. The molecule has 104 valence electrons. The van der Waals surface area contributed by atoms with E-state index in [4.69, 9.17) is 4.98 Å². The van der Waals surface area contributed by atoms with Crippen LogP contribution in [-0.2, 0) is 5.41 Å². The van der Waals surface area contributed by atoms with Gasteiger partial charge in [-0.3, -0.25) is 0 Å². The van der Waals surface area contributed by atoms with Gasteiger partial charge in [0.25, 0.3) is 0 Å². The predicted octanol–water partition coefficient (Wildman–Crippen LogP) is 1.70. The van der Waals surface area contributed by atoms with Gasteiger partial charge in [0.15, 0.2) is 0 Å². The number of likely N-dealkylation sites (tertiary alicyclic amines) is 1. The maximum atomic E-state index is 9.64. The lowest BCUT2D eigenvalue weighted by Gasteiger charge is -2.39. The Morgan fingerprint density at radius 3 is 2.68 bits per heavy atom. The fourth-order valence-electron chi connectivity index (χ4n) is 3.22. The largest absolute Gasteiger partial charge is 0.395 e. The highest BCUT2D eigenvalue weighted by molar-refractivity contribution is 5.18. The molecular weight excluding hydrogens is 238 g/mol. The molecular formula is C15H23N3O. The van der Waals surface area contributed by atoms with Gasteiger partial charge in [-0.2, -0.15) is 0 Å². The summed E-state index contributed by atoms with van der Waals surface area (Å²) in [6.07, 6.45) is 7.48. The Labute approximate surface area is 114 Å². The van der Waals surface area contributed by atoms with Crippen molar-refractivity contribution in [2.45, 2.75) is 43.4 Å². The first-order chi connectivity index (χ1) is 9.23. The third-order valence-corrected chi connectivity index (χ3v) is 4.90. The minimum Gasteiger partial charge on any atom is -0.395 e. The number of piperidine rings is 1. The molecule has 0 radical (unpaired) electrons. The van der Waals surface area contributed by atoms with Crippen LogP contribution >= 0.6 is 0 Å². The van der Waals surface area contributed by atoms with Crippen LogP contribution in [0.25, 0.3) is 0 Å². The molecule has 2 heterocycles. The summed E-state index contributed by atoms with van der Waals surface area (Å²) in [6, 6.07) is 2.06. The van der Waals surface area contributed by atoms with Crippen molar-refractivity contribution >= 4 is 0 Å². The summed E-state index contributed by atoms with van der Waals surface area (Å²) in [4.78, 5) is 11.6. The van der Waals surface area contributed by atoms with E-state index in [9.17, 15) is 5.11 Å². The highest BCUT2D eigenvalue weighted by atomic mass is 16.3. The summed E-state index contributed by atoms with van der Waals surface area (Å²) < 4.78 is 0. The van der Waals surface area contributed by atoms with Gasteiger partial charge in [-0.05, 0) is 51.9 Å². The summed E-state index contributed by atoms with van der Waals surface area (Å²) in [5, 5.41) is 9.64. The standard InChI is InChI=1S/C15H23N3O/c1-18-9-4-12(5-10-18)13-3-8-16-14(17-13)15(11-19)6-2-7-15/h3,8,12,19H,2,4-7,9-11H2,1H3. The molecule has 0 atom stereocenters. The van der Waals surface area contributed by atoms with E-state index >= 15 is 0 Å². The second-order valence-corrected chi connectivity index (χ2v) is 6.17. The maximum Gasteiger partial charge on any atom is 0.136 e. The van der Waals surface area contributed by atoms with E-state index < -0.39 is 0 Å². The molecule has 3 rings (SSSR count). The minimum absolute atomic E-state index is 0.137. The zero-order valence-corrected chi connectivity index (χ0v) is 11.7. The van der Waals surface area contributed by atoms with Crippen molar-refractivity contribution in [2.24, 2.45) is 0 Å². The number of hydrogen-bond acceptors (Lipinski definition) is 4. The lowest BCUT2D eigenvalue weighted by Crippen LogP contribution is -2.40. The van der Waals surface area contributed by atoms with Crippen molar-refractivity contribution in [3.05, 3.63) is 23.8 Å². The normalized spacial score (nSPS) is 24.1. The monoisotopic (exact) mass is 261 g/mol. The molecule has 2 aliphatic rings. The third kappa shape index (κ3) is 2.39. The lowest BCUT2D eigenvalue weighted by molar-refractivity contribution is 0.111. The first-order valence-electron chi connectivity index (χ1n) is 7.36. The average molecular weight is 261 g/mol. The van der Waals surface area contributed by atoms with E-state index in [1.54, 1.807) is 0 Å². The molecule has 2 fully saturated rings. The van der Waals surface area contributed by atoms with E-state index in [-0.39, 0.29) is 12.0 Å². The first-order valence-corrected chi connectivity index (χ1v) is 7.36. The average Bonchev–Trinajstić information content (AvgIpc) is 2.39. The van der Waals surface area contributed by atoms with Crippen molar-refractivity contribution in [2.75, 3.05) is 26.7 Å². The number of aliphatic hydroxyl groups is 1. The Balaban J connectivity index is 1.80. The molecule has 0 aromatic carbocycles. The molecule has 1 saturated heterocycles. The molecule has 1 saturated carbocycles. The fraction of sp³-hybridized carbons (Fsp3) is 0.733. The van der Waals surface area contributed by atoms with E-state index in [0.29, 0.717) is 5.92 Å². The van der Waals surface area contributed by atoms with Crippen molar-refractivity contribution in [3.8, 4) is 0 Å². The Morgan fingerprint density at radius 1 is 1.37 bits per heavy atom. The molecule has 0 amide bonds. The molecule has 1 aromatic heterocycles. The number of hydrogen-bond donors (Lipinski definition) is 1. The zero-order valence-electron chi connectivity index (χ0n) is 11.7. The molecule has 1 aromatic rings. The summed E-state index contributed by atoms with van der Waals surface area (Å²) in [5.74, 6) is 1.44. The van der Waals surface area contributed by atoms with Crippen LogP contribution in [0, 0.1) is 0 Å². The predicted molar refractivity (Wildman–Crippen MR) is 74.1 cm³/mol. The summed E-state index contributed by atoms with van der Waals surface area (Å²) in [5.41, 5.74) is 1.04. The summed E-state index contributed by atoms with van der Waals surface area (Å²) >= 11 is 0. The smallest absolute Gasteiger partial charge is 0.136 e. The van der Waals surface area contributed by atoms with Gasteiger partial charge in [0, 0.05) is 17.8 Å². The Kier molecular flexibility index (Phi) is 3.54. The molecule has 1 aliphatic carbocycles. The summed E-state index contributed by atoms with van der Waals surface area (Å²) in [7, 11) is 2.18. The van der Waals surface area contributed by atoms with E-state index in [0.717, 1.165) is 31.8 Å². The second-order valence-electron chi connectivity index (χ2n) is 6.17. The number of nitrogens with zero attached hydrogens (tertiary/aromatic N) is 3. The van der Waals surface area contributed by atoms with Gasteiger partial charge < -0.3 is 10.0 Å². The highest BCUT2D eigenvalue weighted by Gasteiger charge is 2.41. The Hall–Kier alpha value is -1.00. The molecule has 4 nitrogen and oxygen atoms in total. The topological polar surface area (TPSA) is 49.2 Å². The van der Waals surface area contributed by atoms with Crippen molar-refractivity contribution in [1.82, 2.24) is 14.9 Å². The maximum absolute atomic E-state index is 9.64. The van der Waals surface area contributed by atoms with Gasteiger partial charge in [0.05, 0.1) is 12.0 Å². The van der Waals surface area contributed by atoms with Gasteiger partial charge in [0.2, 0.25) is 0 Å². The number of aromatic nitrogens is 2. The molecule has 0 spiro atoms. The van der Waals surface area contributed by atoms with Crippen LogP contribution in [0.15, 0.2) is 12.3 Å². The molecule has 4 heteroatoms. The quantitative estimate of drug-likeness (QED) is 0.899. The molecule has 0 bridgehead atoms. The molecule has 1 aliphatic heterocycles. The second kappa shape index (κ2) is 5.17. The third-order valence-electron chi connectivity index (χ3n) is 4.90. The first kappa shape index (κ1) is 13.0. The Bertz CT molecular complexity index is 431. The van der Waals surface area contributed by atoms with Crippen LogP contribution in [0.2, 0.25) is 0 Å². The zero-order chi connectivity index (χ0) is 13.3. The van der Waals surface area contributed by atoms with Crippen molar-refractivity contribution in [3.63, 3.8) is 0 Å². The molecule has 19 heavy (non-hydrogen) atoms.